The van der Waals surface area contributed by atoms with E-state index < -0.39 is 0 Å². The number of thiophene rings is 4. The van der Waals surface area contributed by atoms with Gasteiger partial charge in [-0.2, -0.15) is 0 Å². The molecular weight excluding hydrogens is 585 g/mol. The van der Waals surface area contributed by atoms with Crippen LogP contribution >= 0.6 is 45.3 Å². The lowest BCUT2D eigenvalue weighted by Crippen LogP contribution is -2.54. The fraction of sp³-hybridized carbons (Fsp3) is 0.368. The zero-order valence-electron chi connectivity index (χ0n) is 24.4. The zero-order chi connectivity index (χ0) is 28.1. The lowest BCUT2D eigenvalue weighted by atomic mass is 9.44. The molecule has 0 aliphatic heterocycles. The van der Waals surface area contributed by atoms with E-state index in [2.05, 4.69) is 85.3 Å². The Kier molecular flexibility index (Phi) is 5.85. The molecule has 2 fully saturated rings. The summed E-state index contributed by atoms with van der Waals surface area (Å²) in [6.45, 7) is 4.88. The van der Waals surface area contributed by atoms with Gasteiger partial charge in [-0.3, -0.25) is 0 Å². The molecule has 2 bridgehead atoms. The average Bonchev–Trinajstić information content (AvgIpc) is 3.81. The highest BCUT2D eigenvalue weighted by Gasteiger charge is 2.71. The van der Waals surface area contributed by atoms with Gasteiger partial charge in [-0.1, -0.05) is 57.4 Å². The first-order chi connectivity index (χ1) is 20.6. The Morgan fingerprint density at radius 2 is 1.07 bits per heavy atom. The van der Waals surface area contributed by atoms with Crippen molar-refractivity contribution < 1.29 is 0 Å². The van der Waals surface area contributed by atoms with E-state index in [0.29, 0.717) is 10.8 Å². The minimum Gasteiger partial charge on any atom is -0.143 e. The SMILES string of the molecule is CCCC12CCCC(CCC)(CC1)C21c2cc(-c3cc4sccc4s3)ccc2-c2ccc(-c3cc4sccc4s3)cc21. The molecule has 2 aromatic carbocycles. The standard InChI is InChI=1S/C38H36S4/c1-3-12-36-14-5-15-37(13-4-2,17-16-36)38(36)28-20-24(32-22-34-30(41-32)10-18-39-34)6-8-26(28)27-9-7-25(21-29(27)38)33-23-35-31(42-33)11-19-40-35/h6-11,18-23H,3-5,12-17H2,1-2H3. The summed E-state index contributed by atoms with van der Waals surface area (Å²) in [7, 11) is 0. The molecule has 0 N–H and O–H groups in total. The Morgan fingerprint density at radius 1 is 0.571 bits per heavy atom. The van der Waals surface area contributed by atoms with Crippen LogP contribution in [0.3, 0.4) is 0 Å². The minimum atomic E-state index is 0.101. The second kappa shape index (κ2) is 9.38. The van der Waals surface area contributed by atoms with Gasteiger partial charge < -0.3 is 0 Å². The normalized spacial score (nSPS) is 23.8. The van der Waals surface area contributed by atoms with Crippen LogP contribution in [0, 0.1) is 10.8 Å². The summed E-state index contributed by atoms with van der Waals surface area (Å²) in [5, 5.41) is 4.47. The maximum Gasteiger partial charge on any atom is 0.0457 e. The molecule has 9 rings (SSSR count). The molecule has 42 heavy (non-hydrogen) atoms. The largest absolute Gasteiger partial charge is 0.143 e. The van der Waals surface area contributed by atoms with Gasteiger partial charge in [0.25, 0.3) is 0 Å². The lowest BCUT2D eigenvalue weighted by molar-refractivity contribution is 0.0166. The Balaban J connectivity index is 1.33. The van der Waals surface area contributed by atoms with Gasteiger partial charge in [0.05, 0.1) is 0 Å². The molecule has 4 aromatic heterocycles. The Bertz CT molecular complexity index is 1770. The number of rotatable bonds is 6. The fourth-order valence-corrected chi connectivity index (χ4v) is 14.4. The van der Waals surface area contributed by atoms with E-state index in [4.69, 9.17) is 0 Å². The van der Waals surface area contributed by atoms with Crippen LogP contribution in [0.4, 0.5) is 0 Å². The van der Waals surface area contributed by atoms with Crippen molar-refractivity contribution in [2.45, 2.75) is 77.0 Å². The predicted molar refractivity (Wildman–Crippen MR) is 188 cm³/mol. The first-order valence-electron chi connectivity index (χ1n) is 15.9. The molecule has 0 amide bonds. The summed E-state index contributed by atoms with van der Waals surface area (Å²) >= 11 is 7.70. The van der Waals surface area contributed by atoms with Crippen molar-refractivity contribution in [3.05, 3.63) is 82.6 Å². The Labute approximate surface area is 265 Å². The quantitative estimate of drug-likeness (QED) is 0.174. The van der Waals surface area contributed by atoms with E-state index in [1.54, 1.807) is 11.1 Å². The minimum absolute atomic E-state index is 0.101. The third-order valence-electron chi connectivity index (χ3n) is 11.4. The van der Waals surface area contributed by atoms with Gasteiger partial charge in [0.1, 0.15) is 0 Å². The molecule has 2 unspecified atom stereocenters. The highest BCUT2D eigenvalue weighted by molar-refractivity contribution is 7.29. The van der Waals surface area contributed by atoms with Gasteiger partial charge in [-0.05, 0) is 130 Å². The van der Waals surface area contributed by atoms with Gasteiger partial charge in [-0.15, -0.1) is 45.3 Å². The van der Waals surface area contributed by atoms with Gasteiger partial charge in [-0.25, -0.2) is 0 Å². The van der Waals surface area contributed by atoms with Gasteiger partial charge in [0.15, 0.2) is 0 Å². The summed E-state index contributed by atoms with van der Waals surface area (Å²) in [6, 6.07) is 24.8. The van der Waals surface area contributed by atoms with Crippen LogP contribution < -0.4 is 0 Å². The molecule has 4 heteroatoms. The van der Waals surface area contributed by atoms with Crippen LogP contribution in [-0.4, -0.2) is 0 Å². The van der Waals surface area contributed by atoms with Crippen LogP contribution in [0.1, 0.15) is 82.8 Å². The first kappa shape index (κ1) is 26.2. The monoisotopic (exact) mass is 620 g/mol. The maximum absolute atomic E-state index is 2.69. The smallest absolute Gasteiger partial charge is 0.0457 e. The molecule has 0 saturated heterocycles. The van der Waals surface area contributed by atoms with Crippen molar-refractivity contribution in [2.24, 2.45) is 10.8 Å². The molecule has 6 aromatic rings. The molecule has 2 atom stereocenters. The molecule has 4 heterocycles. The van der Waals surface area contributed by atoms with Crippen LogP contribution in [0.2, 0.25) is 0 Å². The molecule has 3 aliphatic rings. The third-order valence-corrected chi connectivity index (χ3v) is 15.7. The van der Waals surface area contributed by atoms with E-state index in [1.807, 2.05) is 45.3 Å². The van der Waals surface area contributed by atoms with Crippen molar-refractivity contribution in [2.75, 3.05) is 0 Å². The molecule has 212 valence electrons. The summed E-state index contributed by atoms with van der Waals surface area (Å²) in [5.41, 5.74) is 10.0. The molecule has 3 aliphatic carbocycles. The highest BCUT2D eigenvalue weighted by Crippen LogP contribution is 2.78. The number of hydrogen-bond acceptors (Lipinski definition) is 4. The topological polar surface area (TPSA) is 0 Å². The van der Waals surface area contributed by atoms with Gasteiger partial charge >= 0.3 is 0 Å². The lowest BCUT2D eigenvalue weighted by Gasteiger charge is -2.58. The predicted octanol–water partition coefficient (Wildman–Crippen LogP) is 13.4. The van der Waals surface area contributed by atoms with E-state index in [9.17, 15) is 0 Å². The van der Waals surface area contributed by atoms with Crippen molar-refractivity contribution in [3.8, 4) is 32.0 Å². The number of fused-ring (bicyclic) bond motifs is 5. The average molecular weight is 621 g/mol. The summed E-state index contributed by atoms with van der Waals surface area (Å²) in [4.78, 5) is 2.87. The van der Waals surface area contributed by atoms with E-state index in [0.717, 1.165) is 0 Å². The Morgan fingerprint density at radius 3 is 1.52 bits per heavy atom. The molecular formula is C38H36S4. The van der Waals surface area contributed by atoms with Crippen LogP contribution in [0.15, 0.2) is 71.4 Å². The number of benzene rings is 2. The summed E-state index contributed by atoms with van der Waals surface area (Å²) in [5.74, 6) is 0. The molecule has 2 saturated carbocycles. The summed E-state index contributed by atoms with van der Waals surface area (Å²) in [6.07, 6.45) is 12.2. The highest BCUT2D eigenvalue weighted by atomic mass is 32.1. The Hall–Kier alpha value is -2.24. The third kappa shape index (κ3) is 3.28. The molecule has 0 nitrogen and oxygen atoms in total. The van der Waals surface area contributed by atoms with Gasteiger partial charge in [0.2, 0.25) is 0 Å². The van der Waals surface area contributed by atoms with E-state index in [1.165, 1.54) is 109 Å². The van der Waals surface area contributed by atoms with E-state index >= 15 is 0 Å². The van der Waals surface area contributed by atoms with Crippen LogP contribution in [-0.2, 0) is 5.41 Å². The fourth-order valence-electron chi connectivity index (χ4n) is 10.2. The molecule has 0 radical (unpaired) electrons. The van der Waals surface area contributed by atoms with Crippen molar-refractivity contribution in [1.82, 2.24) is 0 Å². The first-order valence-corrected chi connectivity index (χ1v) is 19.2. The second-order valence-corrected chi connectivity index (χ2v) is 17.3. The van der Waals surface area contributed by atoms with Crippen LogP contribution in [0.5, 0.6) is 0 Å². The zero-order valence-corrected chi connectivity index (χ0v) is 27.7. The summed E-state index contributed by atoms with van der Waals surface area (Å²) < 4.78 is 5.71. The second-order valence-electron chi connectivity index (χ2n) is 13.2. The van der Waals surface area contributed by atoms with Crippen molar-refractivity contribution in [3.63, 3.8) is 0 Å². The van der Waals surface area contributed by atoms with E-state index in [-0.39, 0.29) is 5.41 Å². The van der Waals surface area contributed by atoms with Gasteiger partial charge in [0, 0.05) is 34.0 Å². The van der Waals surface area contributed by atoms with Crippen molar-refractivity contribution >= 4 is 64.1 Å². The molecule has 1 spiro atoms. The van der Waals surface area contributed by atoms with Crippen molar-refractivity contribution in [1.29, 1.82) is 0 Å². The number of hydrogen-bond donors (Lipinski definition) is 0. The maximum atomic E-state index is 2.69. The van der Waals surface area contributed by atoms with Crippen LogP contribution in [0.25, 0.3) is 50.8 Å².